The third kappa shape index (κ3) is 7.91. The van der Waals surface area contributed by atoms with Crippen LogP contribution < -0.4 is 10.6 Å². The Hall–Kier alpha value is -2.12. The molecule has 8 heteroatoms. The first-order chi connectivity index (χ1) is 9.79. The molecule has 3 amide bonds. The second-order valence-electron chi connectivity index (χ2n) is 4.61. The lowest BCUT2D eigenvalue weighted by Gasteiger charge is -2.26. The normalized spacial score (nSPS) is 11.4. The van der Waals surface area contributed by atoms with E-state index in [0.717, 1.165) is 4.90 Å². The number of aliphatic carboxylic acids is 1. The van der Waals surface area contributed by atoms with E-state index in [1.165, 1.54) is 13.8 Å². The number of nitrogens with one attached hydrogen (secondary N) is 2. The number of carbonyl (C=O) groups excluding carboxylic acids is 3. The summed E-state index contributed by atoms with van der Waals surface area (Å²) < 4.78 is 0. The Kier molecular flexibility index (Phi) is 8.75. The molecule has 0 saturated carbocycles. The van der Waals surface area contributed by atoms with Crippen LogP contribution in [-0.2, 0) is 19.2 Å². The molecule has 120 valence electrons. The van der Waals surface area contributed by atoms with Crippen LogP contribution in [0.2, 0.25) is 0 Å². The smallest absolute Gasteiger partial charge is 0.326 e. The molecule has 8 nitrogen and oxygen atoms in total. The minimum atomic E-state index is -1.15. The molecule has 1 atom stereocenters. The zero-order valence-electron chi connectivity index (χ0n) is 12.6. The van der Waals surface area contributed by atoms with Crippen molar-refractivity contribution in [3.05, 3.63) is 0 Å². The molecule has 0 aromatic heterocycles. The molecule has 0 aromatic carbocycles. The van der Waals surface area contributed by atoms with E-state index in [4.69, 9.17) is 5.11 Å². The Morgan fingerprint density at radius 3 is 2.29 bits per heavy atom. The van der Waals surface area contributed by atoms with Crippen molar-refractivity contribution in [1.82, 2.24) is 15.5 Å². The summed E-state index contributed by atoms with van der Waals surface area (Å²) in [6.45, 7) is 4.51. The molecule has 0 bridgehead atoms. The molecular weight excluding hydrogens is 278 g/mol. The number of hydrogen-bond donors (Lipinski definition) is 3. The summed E-state index contributed by atoms with van der Waals surface area (Å²) in [5, 5.41) is 13.9. The number of carboxylic acids is 1. The SMILES string of the molecule is CCCC(=O)NCC(=O)N(CCNC(C)=O)C(C)C(=O)O. The summed E-state index contributed by atoms with van der Waals surface area (Å²) in [4.78, 5) is 46.3. The van der Waals surface area contributed by atoms with Gasteiger partial charge in [0, 0.05) is 26.4 Å². The van der Waals surface area contributed by atoms with E-state index in [2.05, 4.69) is 10.6 Å². The molecule has 21 heavy (non-hydrogen) atoms. The monoisotopic (exact) mass is 301 g/mol. The molecule has 0 saturated heterocycles. The van der Waals surface area contributed by atoms with Crippen LogP contribution in [0.1, 0.15) is 33.6 Å². The highest BCUT2D eigenvalue weighted by Gasteiger charge is 2.25. The maximum atomic E-state index is 12.0. The van der Waals surface area contributed by atoms with Crippen molar-refractivity contribution in [2.75, 3.05) is 19.6 Å². The fourth-order valence-electron chi connectivity index (χ4n) is 1.61. The van der Waals surface area contributed by atoms with Crippen molar-refractivity contribution < 1.29 is 24.3 Å². The third-order valence-electron chi connectivity index (χ3n) is 2.79. The number of carbonyl (C=O) groups is 4. The summed E-state index contributed by atoms with van der Waals surface area (Å²) in [5.41, 5.74) is 0. The number of hydrogen-bond acceptors (Lipinski definition) is 4. The Balaban J connectivity index is 4.55. The zero-order valence-corrected chi connectivity index (χ0v) is 12.6. The number of rotatable bonds is 9. The molecule has 0 spiro atoms. The highest BCUT2D eigenvalue weighted by Crippen LogP contribution is 2.00. The maximum absolute atomic E-state index is 12.0. The fraction of sp³-hybridized carbons (Fsp3) is 0.692. The lowest BCUT2D eigenvalue weighted by Crippen LogP contribution is -2.50. The van der Waals surface area contributed by atoms with Crippen molar-refractivity contribution in [2.24, 2.45) is 0 Å². The number of amides is 3. The van der Waals surface area contributed by atoms with Crippen LogP contribution in [0, 0.1) is 0 Å². The fourth-order valence-corrected chi connectivity index (χ4v) is 1.61. The molecule has 0 fully saturated rings. The van der Waals surface area contributed by atoms with Gasteiger partial charge in [0.25, 0.3) is 0 Å². The molecule has 0 aliphatic carbocycles. The minimum absolute atomic E-state index is 0.0650. The van der Waals surface area contributed by atoms with E-state index in [-0.39, 0.29) is 31.4 Å². The Morgan fingerprint density at radius 1 is 1.19 bits per heavy atom. The van der Waals surface area contributed by atoms with Crippen LogP contribution in [-0.4, -0.2) is 59.4 Å². The van der Waals surface area contributed by atoms with Crippen LogP contribution in [0.5, 0.6) is 0 Å². The summed E-state index contributed by atoms with van der Waals surface area (Å²) in [6, 6.07) is -1.03. The second kappa shape index (κ2) is 9.73. The van der Waals surface area contributed by atoms with Gasteiger partial charge in [-0.1, -0.05) is 6.92 Å². The highest BCUT2D eigenvalue weighted by molar-refractivity contribution is 5.87. The van der Waals surface area contributed by atoms with Gasteiger partial charge in [0.2, 0.25) is 17.7 Å². The van der Waals surface area contributed by atoms with Crippen LogP contribution in [0.4, 0.5) is 0 Å². The molecule has 1 unspecified atom stereocenters. The van der Waals surface area contributed by atoms with Crippen molar-refractivity contribution in [1.29, 1.82) is 0 Å². The molecule has 0 aliphatic heterocycles. The highest BCUT2D eigenvalue weighted by atomic mass is 16.4. The summed E-state index contributed by atoms with van der Waals surface area (Å²) in [5.74, 6) is -2.16. The summed E-state index contributed by atoms with van der Waals surface area (Å²) in [6.07, 6.45) is 0.978. The molecule has 0 radical (unpaired) electrons. The Morgan fingerprint density at radius 2 is 1.81 bits per heavy atom. The standard InChI is InChI=1S/C13H23N3O5/c1-4-5-11(18)15-8-12(19)16(9(2)13(20)21)7-6-14-10(3)17/h9H,4-8H2,1-3H3,(H,14,17)(H,15,18)(H,20,21). The van der Waals surface area contributed by atoms with Gasteiger partial charge in [-0.2, -0.15) is 0 Å². The van der Waals surface area contributed by atoms with Gasteiger partial charge in [-0.3, -0.25) is 14.4 Å². The first-order valence-electron chi connectivity index (χ1n) is 6.83. The summed E-state index contributed by atoms with van der Waals surface area (Å²) >= 11 is 0. The van der Waals surface area contributed by atoms with Crippen molar-refractivity contribution in [3.63, 3.8) is 0 Å². The average Bonchev–Trinajstić information content (AvgIpc) is 2.40. The van der Waals surface area contributed by atoms with Crippen molar-refractivity contribution in [3.8, 4) is 0 Å². The van der Waals surface area contributed by atoms with E-state index >= 15 is 0 Å². The predicted octanol–water partition coefficient (Wildman–Crippen LogP) is -0.659. The molecule has 0 aromatic rings. The Labute approximate surface area is 123 Å². The average molecular weight is 301 g/mol. The van der Waals surface area contributed by atoms with E-state index in [1.54, 1.807) is 0 Å². The van der Waals surface area contributed by atoms with Gasteiger partial charge in [-0.05, 0) is 13.3 Å². The number of carboxylic acid groups (broad SMARTS) is 1. The van der Waals surface area contributed by atoms with Crippen LogP contribution in [0.3, 0.4) is 0 Å². The predicted molar refractivity (Wildman–Crippen MR) is 75.4 cm³/mol. The first-order valence-corrected chi connectivity index (χ1v) is 6.83. The summed E-state index contributed by atoms with van der Waals surface area (Å²) in [7, 11) is 0. The molecule has 0 rings (SSSR count). The van der Waals surface area contributed by atoms with Gasteiger partial charge >= 0.3 is 5.97 Å². The second-order valence-corrected chi connectivity index (χ2v) is 4.61. The minimum Gasteiger partial charge on any atom is -0.480 e. The van der Waals surface area contributed by atoms with Crippen LogP contribution >= 0.6 is 0 Å². The van der Waals surface area contributed by atoms with Crippen molar-refractivity contribution in [2.45, 2.75) is 39.7 Å². The van der Waals surface area contributed by atoms with Gasteiger partial charge in [-0.25, -0.2) is 4.79 Å². The van der Waals surface area contributed by atoms with Crippen LogP contribution in [0.25, 0.3) is 0 Å². The van der Waals surface area contributed by atoms with Gasteiger partial charge in [0.05, 0.1) is 6.54 Å². The topological polar surface area (TPSA) is 116 Å². The molecule has 0 heterocycles. The van der Waals surface area contributed by atoms with Gasteiger partial charge < -0.3 is 20.6 Å². The van der Waals surface area contributed by atoms with E-state index in [0.29, 0.717) is 12.8 Å². The molecule has 3 N–H and O–H groups in total. The molecular formula is C13H23N3O5. The first kappa shape index (κ1) is 18.9. The van der Waals surface area contributed by atoms with Crippen LogP contribution in [0.15, 0.2) is 0 Å². The van der Waals surface area contributed by atoms with E-state index in [9.17, 15) is 19.2 Å². The zero-order chi connectivity index (χ0) is 16.4. The quantitative estimate of drug-likeness (QED) is 0.523. The number of nitrogens with zero attached hydrogens (tertiary/aromatic N) is 1. The maximum Gasteiger partial charge on any atom is 0.326 e. The van der Waals surface area contributed by atoms with Gasteiger partial charge in [0.15, 0.2) is 0 Å². The lowest BCUT2D eigenvalue weighted by molar-refractivity contribution is -0.149. The van der Waals surface area contributed by atoms with Gasteiger partial charge in [-0.15, -0.1) is 0 Å². The van der Waals surface area contributed by atoms with E-state index < -0.39 is 17.9 Å². The van der Waals surface area contributed by atoms with Gasteiger partial charge in [0.1, 0.15) is 6.04 Å². The lowest BCUT2D eigenvalue weighted by atomic mass is 10.2. The Bertz CT molecular complexity index is 397. The van der Waals surface area contributed by atoms with Crippen molar-refractivity contribution >= 4 is 23.7 Å². The van der Waals surface area contributed by atoms with E-state index in [1.807, 2.05) is 6.92 Å². The third-order valence-corrected chi connectivity index (χ3v) is 2.79. The molecule has 0 aliphatic rings. The largest absolute Gasteiger partial charge is 0.480 e.